The molecule has 0 aromatic rings. The molecule has 0 aliphatic rings. The number of unbranched alkanes of at least 4 members (excludes halogenated alkanes) is 2. The molecule has 0 saturated carbocycles. The SMILES string of the molecule is CC(C)(C)OC(=O)CCCCCOC(=O)CBr. The molecular weight excluding hydrogens is 288 g/mol. The van der Waals surface area contributed by atoms with Crippen LogP contribution in [0.4, 0.5) is 0 Å². The zero-order valence-corrected chi connectivity index (χ0v) is 12.3. The normalized spacial score (nSPS) is 11.1. The molecule has 0 fully saturated rings. The van der Waals surface area contributed by atoms with Crippen molar-refractivity contribution in [3.63, 3.8) is 0 Å². The summed E-state index contributed by atoms with van der Waals surface area (Å²) in [6, 6.07) is 0. The van der Waals surface area contributed by atoms with Gasteiger partial charge in [0.1, 0.15) is 10.9 Å². The van der Waals surface area contributed by atoms with Gasteiger partial charge >= 0.3 is 11.9 Å². The van der Waals surface area contributed by atoms with Crippen LogP contribution in [-0.2, 0) is 19.1 Å². The fourth-order valence-corrected chi connectivity index (χ4v) is 1.33. The highest BCUT2D eigenvalue weighted by Crippen LogP contribution is 2.10. The highest BCUT2D eigenvalue weighted by Gasteiger charge is 2.15. The molecule has 0 aliphatic carbocycles. The van der Waals surface area contributed by atoms with Crippen LogP contribution in [0.15, 0.2) is 0 Å². The van der Waals surface area contributed by atoms with E-state index < -0.39 is 5.60 Å². The van der Waals surface area contributed by atoms with E-state index in [1.165, 1.54) is 0 Å². The van der Waals surface area contributed by atoms with Gasteiger partial charge in [0.2, 0.25) is 0 Å². The highest BCUT2D eigenvalue weighted by molar-refractivity contribution is 9.09. The first-order valence-electron chi connectivity index (χ1n) is 5.78. The predicted molar refractivity (Wildman–Crippen MR) is 69.1 cm³/mol. The molecular formula is C12H21BrO4. The molecule has 0 aromatic carbocycles. The number of hydrogen-bond donors (Lipinski definition) is 0. The minimum atomic E-state index is -0.414. The van der Waals surface area contributed by atoms with Crippen molar-refractivity contribution in [2.24, 2.45) is 0 Å². The molecule has 4 nitrogen and oxygen atoms in total. The lowest BCUT2D eigenvalue weighted by Gasteiger charge is -2.19. The summed E-state index contributed by atoms with van der Waals surface area (Å²) in [6.45, 7) is 5.97. The highest BCUT2D eigenvalue weighted by atomic mass is 79.9. The molecule has 0 unspecified atom stereocenters. The van der Waals surface area contributed by atoms with Crippen molar-refractivity contribution in [2.75, 3.05) is 11.9 Å². The van der Waals surface area contributed by atoms with Gasteiger partial charge in [0.15, 0.2) is 0 Å². The van der Waals surface area contributed by atoms with Crippen molar-refractivity contribution in [3.05, 3.63) is 0 Å². The van der Waals surface area contributed by atoms with Gasteiger partial charge < -0.3 is 9.47 Å². The van der Waals surface area contributed by atoms with E-state index in [-0.39, 0.29) is 17.3 Å². The van der Waals surface area contributed by atoms with Gasteiger partial charge in [-0.15, -0.1) is 0 Å². The molecule has 0 bridgehead atoms. The number of esters is 2. The number of hydrogen-bond acceptors (Lipinski definition) is 4. The van der Waals surface area contributed by atoms with Gasteiger partial charge in [0.05, 0.1) is 6.61 Å². The maximum atomic E-state index is 11.3. The Hall–Kier alpha value is -0.580. The maximum Gasteiger partial charge on any atom is 0.316 e. The van der Waals surface area contributed by atoms with E-state index in [0.29, 0.717) is 13.0 Å². The van der Waals surface area contributed by atoms with Crippen LogP contribution in [0.25, 0.3) is 0 Å². The Morgan fingerprint density at radius 3 is 2.24 bits per heavy atom. The van der Waals surface area contributed by atoms with E-state index in [1.54, 1.807) is 0 Å². The van der Waals surface area contributed by atoms with Crippen LogP contribution < -0.4 is 0 Å². The van der Waals surface area contributed by atoms with Crippen LogP contribution in [0, 0.1) is 0 Å². The third kappa shape index (κ3) is 11.7. The summed E-state index contributed by atoms with van der Waals surface area (Å²) in [7, 11) is 0. The van der Waals surface area contributed by atoms with Gasteiger partial charge in [-0.2, -0.15) is 0 Å². The van der Waals surface area contributed by atoms with E-state index in [4.69, 9.17) is 9.47 Å². The summed E-state index contributed by atoms with van der Waals surface area (Å²) < 4.78 is 10.0. The van der Waals surface area contributed by atoms with Crippen LogP contribution in [0.5, 0.6) is 0 Å². The number of halogens is 1. The lowest BCUT2D eigenvalue weighted by atomic mass is 10.1. The lowest BCUT2D eigenvalue weighted by molar-refractivity contribution is -0.155. The van der Waals surface area contributed by atoms with Crippen molar-refractivity contribution >= 4 is 27.9 Å². The first kappa shape index (κ1) is 16.4. The minimum Gasteiger partial charge on any atom is -0.465 e. The first-order chi connectivity index (χ1) is 7.85. The van der Waals surface area contributed by atoms with Gasteiger partial charge in [0, 0.05) is 6.42 Å². The Bertz CT molecular complexity index is 245. The molecule has 0 spiro atoms. The summed E-state index contributed by atoms with van der Waals surface area (Å²) in [4.78, 5) is 22.1. The van der Waals surface area contributed by atoms with Crippen LogP contribution in [0.3, 0.4) is 0 Å². The summed E-state index contributed by atoms with van der Waals surface area (Å²) in [5.41, 5.74) is -0.414. The average molecular weight is 309 g/mol. The van der Waals surface area contributed by atoms with Gasteiger partial charge in [-0.05, 0) is 40.0 Å². The number of carbonyl (C=O) groups excluding carboxylic acids is 2. The molecule has 100 valence electrons. The fourth-order valence-electron chi connectivity index (χ4n) is 1.17. The zero-order valence-electron chi connectivity index (χ0n) is 10.8. The Balaban J connectivity index is 3.40. The van der Waals surface area contributed by atoms with Crippen LogP contribution in [0.2, 0.25) is 0 Å². The minimum absolute atomic E-state index is 0.171. The Kier molecular flexibility index (Phi) is 8.21. The molecule has 0 saturated heterocycles. The Morgan fingerprint density at radius 2 is 1.71 bits per heavy atom. The quantitative estimate of drug-likeness (QED) is 0.412. The zero-order chi connectivity index (χ0) is 13.3. The molecule has 0 amide bonds. The topological polar surface area (TPSA) is 52.6 Å². The smallest absolute Gasteiger partial charge is 0.316 e. The molecule has 0 radical (unpaired) electrons. The third-order valence-corrected chi connectivity index (χ3v) is 2.28. The summed E-state index contributed by atoms with van der Waals surface area (Å²) in [5.74, 6) is -0.424. The van der Waals surface area contributed by atoms with Gasteiger partial charge in [-0.1, -0.05) is 15.9 Å². The Labute approximate surface area is 111 Å². The molecule has 5 heteroatoms. The van der Waals surface area contributed by atoms with Crippen molar-refractivity contribution in [3.8, 4) is 0 Å². The summed E-state index contributed by atoms with van der Waals surface area (Å²) in [6.07, 6.45) is 2.82. The summed E-state index contributed by atoms with van der Waals surface area (Å²) >= 11 is 3.01. The predicted octanol–water partition coefficient (Wildman–Crippen LogP) is 2.83. The molecule has 17 heavy (non-hydrogen) atoms. The Morgan fingerprint density at radius 1 is 1.06 bits per heavy atom. The van der Waals surface area contributed by atoms with E-state index in [0.717, 1.165) is 19.3 Å². The van der Waals surface area contributed by atoms with E-state index in [9.17, 15) is 9.59 Å². The molecule has 0 rings (SSSR count). The van der Waals surface area contributed by atoms with Gasteiger partial charge in [0.25, 0.3) is 0 Å². The van der Waals surface area contributed by atoms with Crippen molar-refractivity contribution in [1.29, 1.82) is 0 Å². The van der Waals surface area contributed by atoms with Crippen LogP contribution in [0.1, 0.15) is 46.5 Å². The van der Waals surface area contributed by atoms with E-state index in [2.05, 4.69) is 15.9 Å². The largest absolute Gasteiger partial charge is 0.465 e. The lowest BCUT2D eigenvalue weighted by Crippen LogP contribution is -2.23. The van der Waals surface area contributed by atoms with Crippen molar-refractivity contribution in [1.82, 2.24) is 0 Å². The number of rotatable bonds is 7. The third-order valence-electron chi connectivity index (χ3n) is 1.82. The molecule has 0 N–H and O–H groups in total. The first-order valence-corrected chi connectivity index (χ1v) is 6.91. The van der Waals surface area contributed by atoms with Crippen molar-refractivity contribution in [2.45, 2.75) is 52.1 Å². The maximum absolute atomic E-state index is 11.3. The van der Waals surface area contributed by atoms with E-state index in [1.807, 2.05) is 20.8 Å². The molecule has 0 aliphatic heterocycles. The number of ether oxygens (including phenoxy) is 2. The van der Waals surface area contributed by atoms with Crippen LogP contribution >= 0.6 is 15.9 Å². The monoisotopic (exact) mass is 308 g/mol. The van der Waals surface area contributed by atoms with E-state index >= 15 is 0 Å². The van der Waals surface area contributed by atoms with Crippen molar-refractivity contribution < 1.29 is 19.1 Å². The fraction of sp³-hybridized carbons (Fsp3) is 0.833. The second kappa shape index (κ2) is 8.50. The summed E-state index contributed by atoms with van der Waals surface area (Å²) in [5, 5.41) is 0.227. The molecule has 0 atom stereocenters. The second-order valence-electron chi connectivity index (χ2n) is 4.75. The standard InChI is InChI=1S/C12H21BrO4/c1-12(2,3)17-10(14)7-5-4-6-8-16-11(15)9-13/h4-9H2,1-3H3. The number of carbonyl (C=O) groups is 2. The average Bonchev–Trinajstić information content (AvgIpc) is 2.20. The molecule has 0 aromatic heterocycles. The van der Waals surface area contributed by atoms with Crippen LogP contribution in [-0.4, -0.2) is 29.5 Å². The van der Waals surface area contributed by atoms with Gasteiger partial charge in [-0.25, -0.2) is 0 Å². The second-order valence-corrected chi connectivity index (χ2v) is 5.31. The molecule has 0 heterocycles. The number of alkyl halides is 1. The van der Waals surface area contributed by atoms with Gasteiger partial charge in [-0.3, -0.25) is 9.59 Å².